The Morgan fingerprint density at radius 2 is 1.96 bits per heavy atom. The minimum Gasteiger partial charge on any atom is -0.484 e. The van der Waals surface area contributed by atoms with Crippen LogP contribution in [0.5, 0.6) is 5.75 Å². The summed E-state index contributed by atoms with van der Waals surface area (Å²) in [4.78, 5) is 13.6. The van der Waals surface area contributed by atoms with Gasteiger partial charge in [0.2, 0.25) is 0 Å². The van der Waals surface area contributed by atoms with E-state index < -0.39 is 0 Å². The number of nitrogens with one attached hydrogen (secondary N) is 1. The lowest BCUT2D eigenvalue weighted by molar-refractivity contribution is -0.123. The van der Waals surface area contributed by atoms with E-state index in [4.69, 9.17) is 9.47 Å². The first-order valence-electron chi connectivity index (χ1n) is 9.20. The summed E-state index contributed by atoms with van der Waals surface area (Å²) < 4.78 is 11.2. The van der Waals surface area contributed by atoms with Gasteiger partial charge in [0, 0.05) is 30.1 Å². The van der Waals surface area contributed by atoms with Crippen LogP contribution in [-0.4, -0.2) is 32.3 Å². The van der Waals surface area contributed by atoms with Gasteiger partial charge in [0.15, 0.2) is 6.61 Å². The van der Waals surface area contributed by atoms with E-state index in [0.717, 1.165) is 31.8 Å². The van der Waals surface area contributed by atoms with Gasteiger partial charge in [-0.1, -0.05) is 32.0 Å². The van der Waals surface area contributed by atoms with E-state index in [-0.39, 0.29) is 17.9 Å². The number of rotatable bonds is 7. The van der Waals surface area contributed by atoms with Crippen molar-refractivity contribution in [3.8, 4) is 5.75 Å². The van der Waals surface area contributed by atoms with Crippen molar-refractivity contribution >= 4 is 17.2 Å². The molecular weight excluding hydrogens is 346 g/mol. The van der Waals surface area contributed by atoms with Crippen LogP contribution in [0.4, 0.5) is 0 Å². The Morgan fingerprint density at radius 1 is 1.23 bits per heavy atom. The smallest absolute Gasteiger partial charge is 0.257 e. The predicted molar refractivity (Wildman–Crippen MR) is 105 cm³/mol. The number of thiophene rings is 1. The van der Waals surface area contributed by atoms with Gasteiger partial charge in [0.05, 0.1) is 0 Å². The quantitative estimate of drug-likeness (QED) is 0.794. The van der Waals surface area contributed by atoms with Crippen LogP contribution in [-0.2, 0) is 14.9 Å². The molecule has 1 aromatic heterocycles. The molecule has 140 valence electrons. The lowest BCUT2D eigenvalue weighted by atomic mass is 9.78. The average Bonchev–Trinajstić information content (AvgIpc) is 3.21. The van der Waals surface area contributed by atoms with Crippen LogP contribution in [0.15, 0.2) is 41.8 Å². The summed E-state index contributed by atoms with van der Waals surface area (Å²) in [5.74, 6) is 1.13. The maximum absolute atomic E-state index is 12.3. The molecule has 1 aliphatic rings. The van der Waals surface area contributed by atoms with Crippen molar-refractivity contribution in [3.63, 3.8) is 0 Å². The molecule has 26 heavy (non-hydrogen) atoms. The van der Waals surface area contributed by atoms with E-state index >= 15 is 0 Å². The van der Waals surface area contributed by atoms with Crippen molar-refractivity contribution in [3.05, 3.63) is 52.2 Å². The molecule has 1 N–H and O–H groups in total. The summed E-state index contributed by atoms with van der Waals surface area (Å²) >= 11 is 1.76. The van der Waals surface area contributed by atoms with Gasteiger partial charge in [-0.05, 0) is 47.9 Å². The van der Waals surface area contributed by atoms with Crippen LogP contribution >= 0.6 is 11.3 Å². The van der Waals surface area contributed by atoms with E-state index in [1.54, 1.807) is 11.3 Å². The topological polar surface area (TPSA) is 47.6 Å². The van der Waals surface area contributed by atoms with Crippen molar-refractivity contribution in [1.82, 2.24) is 5.32 Å². The number of carbonyl (C=O) groups excluding carboxylic acids is 1. The first-order valence-corrected chi connectivity index (χ1v) is 10.1. The second-order valence-corrected chi connectivity index (χ2v) is 8.11. The van der Waals surface area contributed by atoms with Gasteiger partial charge in [-0.2, -0.15) is 0 Å². The molecule has 1 fully saturated rings. The van der Waals surface area contributed by atoms with Crippen molar-refractivity contribution < 1.29 is 14.3 Å². The molecule has 0 bridgehead atoms. The number of hydrogen-bond acceptors (Lipinski definition) is 4. The van der Waals surface area contributed by atoms with Gasteiger partial charge in [0.1, 0.15) is 5.75 Å². The van der Waals surface area contributed by atoms with Gasteiger partial charge in [-0.3, -0.25) is 4.79 Å². The molecule has 5 heteroatoms. The molecule has 0 radical (unpaired) electrons. The molecule has 0 spiro atoms. The number of benzene rings is 1. The highest BCUT2D eigenvalue weighted by Gasteiger charge is 2.35. The molecule has 1 amide bonds. The highest BCUT2D eigenvalue weighted by molar-refractivity contribution is 7.10. The van der Waals surface area contributed by atoms with E-state index in [2.05, 4.69) is 36.7 Å². The monoisotopic (exact) mass is 373 g/mol. The fraction of sp³-hybridized carbons (Fsp3) is 0.476. The summed E-state index contributed by atoms with van der Waals surface area (Å²) in [6.07, 6.45) is 1.87. The maximum atomic E-state index is 12.3. The molecule has 1 saturated heterocycles. The summed E-state index contributed by atoms with van der Waals surface area (Å²) in [6, 6.07) is 12.2. The Bertz CT molecular complexity index is 689. The van der Waals surface area contributed by atoms with Crippen LogP contribution in [0.25, 0.3) is 0 Å². The predicted octanol–water partition coefficient (Wildman–Crippen LogP) is 4.11. The summed E-state index contributed by atoms with van der Waals surface area (Å²) in [5, 5.41) is 5.16. The molecule has 1 aliphatic heterocycles. The molecule has 0 aliphatic carbocycles. The molecular formula is C21H27NO3S. The molecule has 1 aromatic carbocycles. The number of ether oxygens (including phenoxy) is 2. The van der Waals surface area contributed by atoms with Gasteiger partial charge in [-0.25, -0.2) is 0 Å². The third kappa shape index (κ3) is 4.65. The van der Waals surface area contributed by atoms with Crippen molar-refractivity contribution in [2.75, 3.05) is 26.4 Å². The third-order valence-corrected chi connectivity index (χ3v) is 6.15. The highest BCUT2D eigenvalue weighted by Crippen LogP contribution is 2.36. The Morgan fingerprint density at radius 3 is 2.58 bits per heavy atom. The van der Waals surface area contributed by atoms with Crippen molar-refractivity contribution in [2.24, 2.45) is 0 Å². The van der Waals surface area contributed by atoms with Gasteiger partial charge in [-0.15, -0.1) is 11.3 Å². The Balaban J connectivity index is 1.52. The zero-order chi connectivity index (χ0) is 18.4. The minimum atomic E-state index is -0.0830. The second kappa shape index (κ2) is 8.69. The normalized spacial score (nSPS) is 16.4. The molecule has 0 unspecified atom stereocenters. The van der Waals surface area contributed by atoms with Crippen LogP contribution in [0.1, 0.15) is 43.0 Å². The molecule has 0 atom stereocenters. The number of amides is 1. The fourth-order valence-electron chi connectivity index (χ4n) is 3.27. The Labute approximate surface area is 159 Å². The average molecular weight is 374 g/mol. The molecule has 2 heterocycles. The van der Waals surface area contributed by atoms with E-state index in [1.165, 1.54) is 10.4 Å². The number of hydrogen-bond donors (Lipinski definition) is 1. The summed E-state index contributed by atoms with van der Waals surface area (Å²) in [6.45, 7) is 6.47. The lowest BCUT2D eigenvalue weighted by Crippen LogP contribution is -2.45. The van der Waals surface area contributed by atoms with Crippen LogP contribution < -0.4 is 10.1 Å². The standard InChI is InChI=1S/C21H27NO3S/c1-16(2)17-5-7-18(8-6-17)25-14-20(23)22-15-21(9-11-24-12-10-21)19-4-3-13-26-19/h3-8,13,16H,9-12,14-15H2,1-2H3,(H,22,23). The Hall–Kier alpha value is -1.85. The van der Waals surface area contributed by atoms with Gasteiger partial charge >= 0.3 is 0 Å². The SMILES string of the molecule is CC(C)c1ccc(OCC(=O)NCC2(c3cccs3)CCOCC2)cc1. The Kier molecular flexibility index (Phi) is 6.33. The molecule has 2 aromatic rings. The summed E-state index contributed by atoms with van der Waals surface area (Å²) in [7, 11) is 0. The van der Waals surface area contributed by atoms with Crippen LogP contribution in [0.2, 0.25) is 0 Å². The van der Waals surface area contributed by atoms with E-state index in [9.17, 15) is 4.79 Å². The first kappa shape index (κ1) is 18.9. The van der Waals surface area contributed by atoms with E-state index in [0.29, 0.717) is 12.5 Å². The second-order valence-electron chi connectivity index (χ2n) is 7.16. The molecule has 4 nitrogen and oxygen atoms in total. The molecule has 0 saturated carbocycles. The third-order valence-electron chi connectivity index (χ3n) is 5.03. The largest absolute Gasteiger partial charge is 0.484 e. The van der Waals surface area contributed by atoms with E-state index in [1.807, 2.05) is 24.3 Å². The van der Waals surface area contributed by atoms with Crippen molar-refractivity contribution in [1.29, 1.82) is 0 Å². The van der Waals surface area contributed by atoms with Crippen LogP contribution in [0.3, 0.4) is 0 Å². The maximum Gasteiger partial charge on any atom is 0.257 e. The van der Waals surface area contributed by atoms with Crippen LogP contribution in [0, 0.1) is 0 Å². The lowest BCUT2D eigenvalue weighted by Gasteiger charge is -2.36. The van der Waals surface area contributed by atoms with Gasteiger partial charge in [0.25, 0.3) is 5.91 Å². The zero-order valence-corrected chi connectivity index (χ0v) is 16.3. The summed E-state index contributed by atoms with van der Waals surface area (Å²) in [5.41, 5.74) is 1.25. The van der Waals surface area contributed by atoms with Crippen molar-refractivity contribution in [2.45, 2.75) is 38.0 Å². The number of carbonyl (C=O) groups is 1. The highest BCUT2D eigenvalue weighted by atomic mass is 32.1. The minimum absolute atomic E-state index is 0.0129. The molecule has 3 rings (SSSR count). The zero-order valence-electron chi connectivity index (χ0n) is 15.5. The first-order chi connectivity index (χ1) is 12.6. The fourth-order valence-corrected chi connectivity index (χ4v) is 4.26. The van der Waals surface area contributed by atoms with Gasteiger partial charge < -0.3 is 14.8 Å².